The average Bonchev–Trinajstić information content (AvgIpc) is 2.98. The third kappa shape index (κ3) is 6.80. The Kier molecular flexibility index (Phi) is 9.29. The molecule has 1 saturated heterocycles. The van der Waals surface area contributed by atoms with Crippen LogP contribution in [0.5, 0.6) is 0 Å². The van der Waals surface area contributed by atoms with Gasteiger partial charge in [0.05, 0.1) is 19.8 Å². The summed E-state index contributed by atoms with van der Waals surface area (Å²) in [6.45, 7) is 4.28. The SMILES string of the molecule is O=C(c1c[nH]c2ccc(CN3CCOCC3)cc2c1=O)N(Cc1ccc(Cl)cc1)c1cccc(CCCCO)c1. The first-order chi connectivity index (χ1) is 19.5. The second-order valence-corrected chi connectivity index (χ2v) is 10.6. The number of ether oxygens (including phenoxy) is 1. The fourth-order valence-corrected chi connectivity index (χ4v) is 5.19. The first-order valence-corrected chi connectivity index (χ1v) is 14.1. The molecule has 0 aliphatic carbocycles. The number of pyridine rings is 1. The van der Waals surface area contributed by atoms with Gasteiger partial charge in [-0.25, -0.2) is 0 Å². The average molecular weight is 560 g/mol. The molecule has 1 aliphatic rings. The summed E-state index contributed by atoms with van der Waals surface area (Å²) in [5, 5.41) is 10.3. The molecule has 5 rings (SSSR count). The summed E-state index contributed by atoms with van der Waals surface area (Å²) in [4.78, 5) is 34.9. The quantitative estimate of drug-likeness (QED) is 0.262. The zero-order chi connectivity index (χ0) is 27.9. The van der Waals surface area contributed by atoms with Crippen LogP contribution >= 0.6 is 11.6 Å². The Balaban J connectivity index is 1.48. The van der Waals surface area contributed by atoms with Crippen molar-refractivity contribution < 1.29 is 14.6 Å². The Labute approximate surface area is 239 Å². The highest BCUT2D eigenvalue weighted by molar-refractivity contribution is 6.30. The van der Waals surface area contributed by atoms with Crippen LogP contribution in [0.4, 0.5) is 5.69 Å². The predicted octanol–water partition coefficient (Wildman–Crippen LogP) is 5.18. The summed E-state index contributed by atoms with van der Waals surface area (Å²) in [7, 11) is 0. The number of hydrogen-bond donors (Lipinski definition) is 2. The fourth-order valence-electron chi connectivity index (χ4n) is 5.06. The summed E-state index contributed by atoms with van der Waals surface area (Å²) in [5.41, 5.74) is 4.20. The minimum Gasteiger partial charge on any atom is -0.396 e. The molecule has 7 nitrogen and oxygen atoms in total. The minimum absolute atomic E-state index is 0.0932. The Morgan fingerprint density at radius 2 is 1.75 bits per heavy atom. The van der Waals surface area contributed by atoms with Crippen LogP contribution in [-0.2, 0) is 24.2 Å². The van der Waals surface area contributed by atoms with Gasteiger partial charge in [-0.15, -0.1) is 0 Å². The number of anilines is 1. The number of fused-ring (bicyclic) bond motifs is 1. The van der Waals surface area contributed by atoms with Gasteiger partial charge in [0, 0.05) is 54.1 Å². The van der Waals surface area contributed by atoms with E-state index >= 15 is 0 Å². The third-order valence-corrected chi connectivity index (χ3v) is 7.53. The maximum Gasteiger partial charge on any atom is 0.264 e. The molecule has 0 spiro atoms. The van der Waals surface area contributed by atoms with Crippen LogP contribution in [0.2, 0.25) is 5.02 Å². The number of aryl methyl sites for hydroxylation is 1. The molecule has 0 unspecified atom stereocenters. The smallest absolute Gasteiger partial charge is 0.264 e. The van der Waals surface area contributed by atoms with Gasteiger partial charge in [0.15, 0.2) is 0 Å². The summed E-state index contributed by atoms with van der Waals surface area (Å²) in [6.07, 6.45) is 3.88. The number of benzene rings is 3. The number of H-pyrrole nitrogens is 1. The van der Waals surface area contributed by atoms with E-state index in [9.17, 15) is 9.59 Å². The number of carbonyl (C=O) groups excluding carboxylic acids is 1. The van der Waals surface area contributed by atoms with Gasteiger partial charge in [-0.05, 0) is 72.4 Å². The standard InChI is InChI=1S/C32H34ClN3O4/c33-26-10-7-24(8-11-26)22-36(27-6-3-5-23(18-27)4-1-2-15-37)32(39)29-20-34-30-12-9-25(19-28(30)31(29)38)21-35-13-16-40-17-14-35/h3,5-12,18-20,37H,1-2,4,13-17,21-22H2,(H,34,38). The van der Waals surface area contributed by atoms with Gasteiger partial charge in [0.25, 0.3) is 5.91 Å². The van der Waals surface area contributed by atoms with Gasteiger partial charge in [0.1, 0.15) is 5.56 Å². The minimum atomic E-state index is -0.371. The summed E-state index contributed by atoms with van der Waals surface area (Å²) in [5.74, 6) is -0.371. The van der Waals surface area contributed by atoms with Crippen LogP contribution in [0.25, 0.3) is 10.9 Å². The molecule has 1 fully saturated rings. The van der Waals surface area contributed by atoms with Crippen LogP contribution < -0.4 is 10.3 Å². The van der Waals surface area contributed by atoms with Crippen molar-refractivity contribution in [3.63, 3.8) is 0 Å². The molecule has 40 heavy (non-hydrogen) atoms. The van der Waals surface area contributed by atoms with E-state index in [0.717, 1.165) is 55.6 Å². The molecular weight excluding hydrogens is 526 g/mol. The lowest BCUT2D eigenvalue weighted by molar-refractivity contribution is 0.0342. The van der Waals surface area contributed by atoms with E-state index in [1.165, 1.54) is 6.20 Å². The number of aromatic nitrogens is 1. The number of nitrogens with zero attached hydrogens (tertiary/aromatic N) is 2. The molecule has 0 saturated carbocycles. The number of carbonyl (C=O) groups is 1. The van der Waals surface area contributed by atoms with E-state index in [0.29, 0.717) is 34.8 Å². The zero-order valence-electron chi connectivity index (χ0n) is 22.4. The van der Waals surface area contributed by atoms with E-state index in [1.807, 2.05) is 54.6 Å². The van der Waals surface area contributed by atoms with Crippen molar-refractivity contribution in [3.05, 3.63) is 110 Å². The lowest BCUT2D eigenvalue weighted by Crippen LogP contribution is -2.35. The second kappa shape index (κ2) is 13.2. The maximum absolute atomic E-state index is 14.1. The number of nitrogens with one attached hydrogen (secondary N) is 1. The van der Waals surface area contributed by atoms with Gasteiger partial charge in [-0.1, -0.05) is 41.9 Å². The van der Waals surface area contributed by atoms with Crippen molar-refractivity contribution in [1.82, 2.24) is 9.88 Å². The summed E-state index contributed by atoms with van der Waals surface area (Å²) < 4.78 is 5.45. The molecule has 0 atom stereocenters. The van der Waals surface area contributed by atoms with E-state index in [4.69, 9.17) is 21.4 Å². The molecule has 0 radical (unpaired) electrons. The molecule has 8 heteroatoms. The van der Waals surface area contributed by atoms with Gasteiger partial charge >= 0.3 is 0 Å². The number of morpholine rings is 1. The Hall–Kier alpha value is -3.49. The highest BCUT2D eigenvalue weighted by Crippen LogP contribution is 2.23. The van der Waals surface area contributed by atoms with Crippen LogP contribution in [-0.4, -0.2) is 53.8 Å². The van der Waals surface area contributed by atoms with E-state index in [-0.39, 0.29) is 30.1 Å². The summed E-state index contributed by atoms with van der Waals surface area (Å²) in [6, 6.07) is 21.0. The zero-order valence-corrected chi connectivity index (χ0v) is 23.2. The molecular formula is C32H34ClN3O4. The number of aliphatic hydroxyl groups excluding tert-OH is 1. The monoisotopic (exact) mass is 559 g/mol. The number of amides is 1. The van der Waals surface area contributed by atoms with E-state index in [1.54, 1.807) is 17.0 Å². The van der Waals surface area contributed by atoms with E-state index < -0.39 is 0 Å². The Morgan fingerprint density at radius 3 is 2.52 bits per heavy atom. The van der Waals surface area contributed by atoms with Crippen LogP contribution in [0, 0.1) is 0 Å². The van der Waals surface area contributed by atoms with Crippen LogP contribution in [0.3, 0.4) is 0 Å². The fraction of sp³-hybridized carbons (Fsp3) is 0.312. The van der Waals surface area contributed by atoms with Crippen molar-refractivity contribution in [1.29, 1.82) is 0 Å². The molecule has 1 amide bonds. The molecule has 1 aromatic heterocycles. The highest BCUT2D eigenvalue weighted by Gasteiger charge is 2.23. The largest absolute Gasteiger partial charge is 0.396 e. The number of rotatable bonds is 10. The number of aromatic amines is 1. The Bertz CT molecular complexity index is 1510. The molecule has 208 valence electrons. The maximum atomic E-state index is 14.1. The first-order valence-electron chi connectivity index (χ1n) is 13.7. The third-order valence-electron chi connectivity index (χ3n) is 7.28. The number of aliphatic hydroxyl groups is 1. The van der Waals surface area contributed by atoms with Crippen molar-refractivity contribution in [2.75, 3.05) is 37.8 Å². The molecule has 4 aromatic rings. The predicted molar refractivity (Wildman–Crippen MR) is 159 cm³/mol. The molecule has 2 heterocycles. The van der Waals surface area contributed by atoms with E-state index in [2.05, 4.69) is 9.88 Å². The topological polar surface area (TPSA) is 85.9 Å². The first kappa shape index (κ1) is 28.1. The molecule has 2 N–H and O–H groups in total. The molecule has 3 aromatic carbocycles. The number of unbranched alkanes of at least 4 members (excludes halogenated alkanes) is 1. The summed E-state index contributed by atoms with van der Waals surface area (Å²) >= 11 is 6.10. The van der Waals surface area contributed by atoms with Crippen molar-refractivity contribution in [2.45, 2.75) is 32.4 Å². The normalized spacial score (nSPS) is 13.9. The van der Waals surface area contributed by atoms with Gasteiger partial charge in [-0.3, -0.25) is 14.5 Å². The van der Waals surface area contributed by atoms with Crippen molar-refractivity contribution in [2.24, 2.45) is 0 Å². The lowest BCUT2D eigenvalue weighted by Gasteiger charge is -2.26. The highest BCUT2D eigenvalue weighted by atomic mass is 35.5. The van der Waals surface area contributed by atoms with Gasteiger partial charge < -0.3 is 19.7 Å². The lowest BCUT2D eigenvalue weighted by atomic mass is 10.0. The number of halogens is 1. The molecule has 0 bridgehead atoms. The molecule has 1 aliphatic heterocycles. The second-order valence-electron chi connectivity index (χ2n) is 10.2. The van der Waals surface area contributed by atoms with Crippen LogP contribution in [0.15, 0.2) is 77.7 Å². The number of hydrogen-bond acceptors (Lipinski definition) is 5. The van der Waals surface area contributed by atoms with Crippen molar-refractivity contribution >= 4 is 34.1 Å². The van der Waals surface area contributed by atoms with Crippen molar-refractivity contribution in [3.8, 4) is 0 Å². The van der Waals surface area contributed by atoms with Crippen LogP contribution in [0.1, 0.15) is 39.9 Å². The van der Waals surface area contributed by atoms with Gasteiger partial charge in [-0.2, -0.15) is 0 Å². The van der Waals surface area contributed by atoms with Gasteiger partial charge in [0.2, 0.25) is 5.43 Å². The Morgan fingerprint density at radius 1 is 0.975 bits per heavy atom.